The standard InChI is InChI=1S/C11H22N4O3S/c12-11(14-9-10-3-1-7-18-10)13-4-6-15-5-2-8-19(15,16)17/h10H,1-9H2,(H3,12,13,14). The fraction of sp³-hybridized carbons (Fsp3) is 0.909. The van der Waals surface area contributed by atoms with Gasteiger partial charge in [0, 0.05) is 26.2 Å². The zero-order chi connectivity index (χ0) is 13.7. The SMILES string of the molecule is NC(=NCC1CCCO1)NCCN1CCCS1(=O)=O. The molecule has 2 heterocycles. The van der Waals surface area contributed by atoms with E-state index in [4.69, 9.17) is 10.5 Å². The predicted octanol–water partition coefficient (Wildman–Crippen LogP) is -0.895. The van der Waals surface area contributed by atoms with Gasteiger partial charge in [0.2, 0.25) is 10.0 Å². The Morgan fingerprint density at radius 2 is 2.32 bits per heavy atom. The lowest BCUT2D eigenvalue weighted by Gasteiger charge is -2.14. The van der Waals surface area contributed by atoms with E-state index in [0.717, 1.165) is 19.4 Å². The number of ether oxygens (including phenoxy) is 1. The molecule has 0 aromatic heterocycles. The molecule has 0 aromatic rings. The van der Waals surface area contributed by atoms with Crippen LogP contribution in [-0.2, 0) is 14.8 Å². The van der Waals surface area contributed by atoms with Gasteiger partial charge in [0.25, 0.3) is 0 Å². The van der Waals surface area contributed by atoms with Crippen molar-refractivity contribution in [1.29, 1.82) is 0 Å². The van der Waals surface area contributed by atoms with Gasteiger partial charge in [-0.2, -0.15) is 0 Å². The normalized spacial score (nSPS) is 27.8. The largest absolute Gasteiger partial charge is 0.376 e. The molecule has 0 bridgehead atoms. The third kappa shape index (κ3) is 4.32. The smallest absolute Gasteiger partial charge is 0.214 e. The van der Waals surface area contributed by atoms with Crippen molar-refractivity contribution in [3.63, 3.8) is 0 Å². The molecule has 2 rings (SSSR count). The highest BCUT2D eigenvalue weighted by Crippen LogP contribution is 2.12. The number of aliphatic imine (C=N–C) groups is 1. The van der Waals surface area contributed by atoms with Crippen LogP contribution in [0.2, 0.25) is 0 Å². The summed E-state index contributed by atoms with van der Waals surface area (Å²) in [7, 11) is -3.02. The molecule has 2 fully saturated rings. The maximum atomic E-state index is 11.6. The van der Waals surface area contributed by atoms with Crippen LogP contribution in [0, 0.1) is 0 Å². The molecule has 7 nitrogen and oxygen atoms in total. The summed E-state index contributed by atoms with van der Waals surface area (Å²) in [5.41, 5.74) is 5.72. The number of hydrogen-bond donors (Lipinski definition) is 2. The highest BCUT2D eigenvalue weighted by molar-refractivity contribution is 7.89. The Morgan fingerprint density at radius 3 is 2.95 bits per heavy atom. The second-order valence-corrected chi connectivity index (χ2v) is 6.94. The zero-order valence-corrected chi connectivity index (χ0v) is 11.9. The number of guanidine groups is 1. The lowest BCUT2D eigenvalue weighted by atomic mass is 10.2. The topological polar surface area (TPSA) is 97.0 Å². The van der Waals surface area contributed by atoms with E-state index in [-0.39, 0.29) is 11.9 Å². The first-order chi connectivity index (χ1) is 9.08. The molecule has 0 amide bonds. The van der Waals surface area contributed by atoms with Crippen LogP contribution in [-0.4, -0.2) is 63.3 Å². The maximum absolute atomic E-state index is 11.6. The van der Waals surface area contributed by atoms with Crippen molar-refractivity contribution in [3.05, 3.63) is 0 Å². The summed E-state index contributed by atoms with van der Waals surface area (Å²) in [5.74, 6) is 0.613. The first kappa shape index (κ1) is 14.5. The number of hydrogen-bond acceptors (Lipinski definition) is 4. The number of nitrogens with one attached hydrogen (secondary N) is 1. The van der Waals surface area contributed by atoms with Gasteiger partial charge < -0.3 is 15.8 Å². The van der Waals surface area contributed by atoms with E-state index in [1.54, 1.807) is 0 Å². The lowest BCUT2D eigenvalue weighted by Crippen LogP contribution is -2.39. The number of sulfonamides is 1. The Labute approximate surface area is 114 Å². The summed E-state index contributed by atoms with van der Waals surface area (Å²) in [5, 5.41) is 2.94. The monoisotopic (exact) mass is 290 g/mol. The van der Waals surface area contributed by atoms with Gasteiger partial charge >= 0.3 is 0 Å². The molecule has 8 heteroatoms. The molecule has 19 heavy (non-hydrogen) atoms. The number of nitrogens with zero attached hydrogens (tertiary/aromatic N) is 2. The lowest BCUT2D eigenvalue weighted by molar-refractivity contribution is 0.118. The van der Waals surface area contributed by atoms with E-state index in [1.165, 1.54) is 4.31 Å². The van der Waals surface area contributed by atoms with Crippen LogP contribution in [0.5, 0.6) is 0 Å². The minimum Gasteiger partial charge on any atom is -0.376 e. The average molecular weight is 290 g/mol. The van der Waals surface area contributed by atoms with Crippen LogP contribution in [0.1, 0.15) is 19.3 Å². The van der Waals surface area contributed by atoms with Gasteiger partial charge in [-0.15, -0.1) is 0 Å². The van der Waals surface area contributed by atoms with Gasteiger partial charge in [0.15, 0.2) is 5.96 Å². The van der Waals surface area contributed by atoms with Crippen molar-refractivity contribution in [1.82, 2.24) is 9.62 Å². The molecule has 0 aliphatic carbocycles. The average Bonchev–Trinajstić information content (AvgIpc) is 2.97. The van der Waals surface area contributed by atoms with Gasteiger partial charge in [-0.3, -0.25) is 4.99 Å². The van der Waals surface area contributed by atoms with Gasteiger partial charge in [0.1, 0.15) is 0 Å². The minimum atomic E-state index is -3.02. The van der Waals surface area contributed by atoms with Gasteiger partial charge in [-0.05, 0) is 19.3 Å². The minimum absolute atomic E-state index is 0.180. The molecule has 110 valence electrons. The summed E-state index contributed by atoms with van der Waals surface area (Å²) in [6.07, 6.45) is 3.01. The van der Waals surface area contributed by atoms with Crippen LogP contribution in [0.4, 0.5) is 0 Å². The van der Waals surface area contributed by atoms with E-state index in [2.05, 4.69) is 10.3 Å². The van der Waals surface area contributed by atoms with Crippen molar-refractivity contribution in [3.8, 4) is 0 Å². The van der Waals surface area contributed by atoms with Crippen LogP contribution in [0.25, 0.3) is 0 Å². The quantitative estimate of drug-likeness (QED) is 0.505. The summed E-state index contributed by atoms with van der Waals surface area (Å²) in [6, 6.07) is 0. The van der Waals surface area contributed by atoms with E-state index in [9.17, 15) is 8.42 Å². The molecule has 0 aromatic carbocycles. The Balaban J connectivity index is 1.65. The molecule has 0 saturated carbocycles. The molecule has 2 aliphatic rings. The summed E-state index contributed by atoms with van der Waals surface area (Å²) in [4.78, 5) is 4.20. The molecular formula is C11H22N4O3S. The molecule has 1 unspecified atom stereocenters. The number of nitrogens with two attached hydrogens (primary N) is 1. The van der Waals surface area contributed by atoms with Gasteiger partial charge in [0.05, 0.1) is 18.4 Å². The molecule has 0 radical (unpaired) electrons. The fourth-order valence-electron chi connectivity index (χ4n) is 2.30. The molecule has 1 atom stereocenters. The maximum Gasteiger partial charge on any atom is 0.214 e. The third-order valence-corrected chi connectivity index (χ3v) is 5.32. The number of rotatable bonds is 5. The first-order valence-corrected chi connectivity index (χ1v) is 8.32. The Morgan fingerprint density at radius 1 is 1.47 bits per heavy atom. The first-order valence-electron chi connectivity index (χ1n) is 6.71. The highest BCUT2D eigenvalue weighted by atomic mass is 32.2. The van der Waals surface area contributed by atoms with Crippen molar-refractivity contribution >= 4 is 16.0 Å². The highest BCUT2D eigenvalue weighted by Gasteiger charge is 2.27. The zero-order valence-electron chi connectivity index (χ0n) is 11.0. The van der Waals surface area contributed by atoms with Crippen molar-refractivity contribution in [2.45, 2.75) is 25.4 Å². The molecule has 3 N–H and O–H groups in total. The van der Waals surface area contributed by atoms with Crippen molar-refractivity contribution in [2.75, 3.05) is 38.5 Å². The predicted molar refractivity (Wildman–Crippen MR) is 73.4 cm³/mol. The Kier molecular flexibility index (Phi) is 5.00. The van der Waals surface area contributed by atoms with Gasteiger partial charge in [-0.1, -0.05) is 0 Å². The molecular weight excluding hydrogens is 268 g/mol. The van der Waals surface area contributed by atoms with Crippen molar-refractivity contribution in [2.24, 2.45) is 10.7 Å². The second kappa shape index (κ2) is 6.53. The Hall–Kier alpha value is -0.860. The second-order valence-electron chi connectivity index (χ2n) is 4.86. The summed E-state index contributed by atoms with van der Waals surface area (Å²) < 4.78 is 30.0. The van der Waals surface area contributed by atoms with Gasteiger partial charge in [-0.25, -0.2) is 12.7 Å². The van der Waals surface area contributed by atoms with Crippen LogP contribution < -0.4 is 11.1 Å². The Bertz CT molecular complexity index is 418. The van der Waals surface area contributed by atoms with Crippen molar-refractivity contribution < 1.29 is 13.2 Å². The fourth-order valence-corrected chi connectivity index (χ4v) is 3.82. The third-order valence-electron chi connectivity index (χ3n) is 3.36. The summed E-state index contributed by atoms with van der Waals surface area (Å²) in [6.45, 7) is 2.91. The van der Waals surface area contributed by atoms with E-state index in [1.807, 2.05) is 0 Å². The van der Waals surface area contributed by atoms with Crippen LogP contribution >= 0.6 is 0 Å². The molecule has 2 aliphatic heterocycles. The van der Waals surface area contributed by atoms with Crippen LogP contribution in [0.15, 0.2) is 4.99 Å². The molecule has 0 spiro atoms. The summed E-state index contributed by atoms with van der Waals surface area (Å²) >= 11 is 0. The van der Waals surface area contributed by atoms with Crippen LogP contribution in [0.3, 0.4) is 0 Å². The van der Waals surface area contributed by atoms with E-state index in [0.29, 0.717) is 38.6 Å². The molecule has 2 saturated heterocycles. The van der Waals surface area contributed by atoms with E-state index < -0.39 is 10.0 Å². The van der Waals surface area contributed by atoms with E-state index >= 15 is 0 Å².